The van der Waals surface area contributed by atoms with Gasteiger partial charge in [0.2, 0.25) is 0 Å². The summed E-state index contributed by atoms with van der Waals surface area (Å²) < 4.78 is 45.1. The van der Waals surface area contributed by atoms with Gasteiger partial charge in [0.25, 0.3) is 5.92 Å². The highest BCUT2D eigenvalue weighted by Crippen LogP contribution is 2.61. The molecule has 0 amide bonds. The van der Waals surface area contributed by atoms with Crippen LogP contribution in [0.4, 0.5) is 13.2 Å². The molecule has 1 saturated carbocycles. The lowest BCUT2D eigenvalue weighted by atomic mass is 10.1. The molecule has 0 radical (unpaired) electrons. The third kappa shape index (κ3) is 2.39. The molecule has 6 heteroatoms. The molecule has 0 spiro atoms. The van der Waals surface area contributed by atoms with Crippen molar-refractivity contribution in [3.05, 3.63) is 34.1 Å². The molecule has 1 aliphatic rings. The fraction of sp³-hybridized carbons (Fsp3) is 0.417. The number of benzene rings is 1. The van der Waals surface area contributed by atoms with E-state index in [-0.39, 0.29) is 16.6 Å². The lowest BCUT2D eigenvalue weighted by Gasteiger charge is -2.01. The summed E-state index contributed by atoms with van der Waals surface area (Å²) in [5.41, 5.74) is 0.220. The molecule has 0 unspecified atom stereocenters. The van der Waals surface area contributed by atoms with Crippen LogP contribution in [0.2, 0.25) is 0 Å². The molecule has 2 atom stereocenters. The molecule has 0 heterocycles. The van der Waals surface area contributed by atoms with Crippen LogP contribution >= 0.6 is 15.9 Å². The Hall–Kier alpha value is -1.04. The first-order valence-electron chi connectivity index (χ1n) is 5.30. The fourth-order valence-electron chi connectivity index (χ4n) is 1.96. The first kappa shape index (κ1) is 13.4. The van der Waals surface area contributed by atoms with Crippen molar-refractivity contribution in [3.8, 4) is 0 Å². The lowest BCUT2D eigenvalue weighted by molar-refractivity contribution is -0.142. The van der Waals surface area contributed by atoms with Gasteiger partial charge in [-0.25, -0.2) is 13.2 Å². The van der Waals surface area contributed by atoms with Crippen molar-refractivity contribution in [1.82, 2.24) is 0 Å². The monoisotopic (exact) mass is 322 g/mol. The fourth-order valence-corrected chi connectivity index (χ4v) is 2.21. The summed E-state index contributed by atoms with van der Waals surface area (Å²) in [6.07, 6.45) is 0. The van der Waals surface area contributed by atoms with Crippen molar-refractivity contribution >= 4 is 21.9 Å². The largest absolute Gasteiger partial charge is 0.465 e. The van der Waals surface area contributed by atoms with Crippen LogP contribution in [0, 0.1) is 11.7 Å². The maximum Gasteiger partial charge on any atom is 0.302 e. The maximum atomic E-state index is 13.5. The number of carbonyl (C=O) groups excluding carboxylic acids is 1. The predicted octanol–water partition coefficient (Wildman–Crippen LogP) is 3.50. The van der Waals surface area contributed by atoms with Crippen molar-refractivity contribution in [3.63, 3.8) is 0 Å². The van der Waals surface area contributed by atoms with Crippen LogP contribution < -0.4 is 0 Å². The molecule has 2 nitrogen and oxygen atoms in total. The molecule has 1 fully saturated rings. The Kier molecular flexibility index (Phi) is 3.40. The average Bonchev–Trinajstić information content (AvgIpc) is 2.82. The SMILES string of the molecule is CC(=O)OC[C@H]1[C@H](c2ccc(Br)c(F)c2)C1(F)F. The molecule has 1 aromatic carbocycles. The van der Waals surface area contributed by atoms with E-state index < -0.39 is 29.5 Å². The van der Waals surface area contributed by atoms with E-state index in [9.17, 15) is 18.0 Å². The lowest BCUT2D eigenvalue weighted by Crippen LogP contribution is -2.06. The van der Waals surface area contributed by atoms with E-state index in [1.165, 1.54) is 12.1 Å². The summed E-state index contributed by atoms with van der Waals surface area (Å²) in [5.74, 6) is -6.28. The van der Waals surface area contributed by atoms with Crippen LogP contribution in [0.15, 0.2) is 22.7 Å². The number of ether oxygens (including phenoxy) is 1. The molecule has 2 rings (SSSR count). The molecular weight excluding hydrogens is 313 g/mol. The van der Waals surface area contributed by atoms with E-state index in [0.717, 1.165) is 13.0 Å². The Balaban J connectivity index is 2.14. The van der Waals surface area contributed by atoms with Crippen molar-refractivity contribution in [1.29, 1.82) is 0 Å². The van der Waals surface area contributed by atoms with Gasteiger partial charge < -0.3 is 4.74 Å². The molecular formula is C12H10BrF3O2. The maximum absolute atomic E-state index is 13.5. The molecule has 0 N–H and O–H groups in total. The predicted molar refractivity (Wildman–Crippen MR) is 61.9 cm³/mol. The minimum Gasteiger partial charge on any atom is -0.465 e. The molecule has 0 bridgehead atoms. The summed E-state index contributed by atoms with van der Waals surface area (Å²) in [4.78, 5) is 10.6. The van der Waals surface area contributed by atoms with Gasteiger partial charge in [-0.1, -0.05) is 6.07 Å². The van der Waals surface area contributed by atoms with Gasteiger partial charge in [-0.3, -0.25) is 4.79 Å². The number of esters is 1. The van der Waals surface area contributed by atoms with Crippen molar-refractivity contribution < 1.29 is 22.7 Å². The van der Waals surface area contributed by atoms with E-state index in [1.807, 2.05) is 0 Å². The Bertz CT molecular complexity index is 490. The van der Waals surface area contributed by atoms with E-state index in [0.29, 0.717) is 0 Å². The molecule has 0 aliphatic heterocycles. The third-order valence-electron chi connectivity index (χ3n) is 2.97. The Labute approximate surface area is 110 Å². The van der Waals surface area contributed by atoms with Gasteiger partial charge in [0, 0.05) is 6.92 Å². The van der Waals surface area contributed by atoms with Crippen LogP contribution in [0.1, 0.15) is 18.4 Å². The zero-order valence-corrected chi connectivity index (χ0v) is 11.0. The standard InChI is InChI=1S/C12H10BrF3O2/c1-6(17)18-5-8-11(12(8,15)16)7-2-3-9(13)10(14)4-7/h2-4,8,11H,5H2,1H3/t8-,11-/m0/s1. The Morgan fingerprint density at radius 2 is 2.17 bits per heavy atom. The first-order valence-corrected chi connectivity index (χ1v) is 6.09. The number of rotatable bonds is 3. The molecule has 0 aromatic heterocycles. The highest BCUT2D eigenvalue weighted by Gasteiger charge is 2.69. The number of hydrogen-bond acceptors (Lipinski definition) is 2. The Morgan fingerprint density at radius 1 is 1.50 bits per heavy atom. The quantitative estimate of drug-likeness (QED) is 0.796. The molecule has 98 valence electrons. The number of alkyl halides is 2. The van der Waals surface area contributed by atoms with Crippen molar-refractivity contribution in [2.75, 3.05) is 6.61 Å². The normalized spacial score (nSPS) is 24.7. The van der Waals surface area contributed by atoms with Crippen molar-refractivity contribution in [2.45, 2.75) is 18.8 Å². The average molecular weight is 323 g/mol. The van der Waals surface area contributed by atoms with Gasteiger partial charge in [0.1, 0.15) is 12.4 Å². The van der Waals surface area contributed by atoms with Crippen LogP contribution in [-0.2, 0) is 9.53 Å². The van der Waals surface area contributed by atoms with E-state index in [2.05, 4.69) is 20.7 Å². The number of hydrogen-bond donors (Lipinski definition) is 0. The van der Waals surface area contributed by atoms with Crippen LogP contribution in [0.25, 0.3) is 0 Å². The minimum absolute atomic E-state index is 0.220. The van der Waals surface area contributed by atoms with E-state index in [1.54, 1.807) is 0 Å². The van der Waals surface area contributed by atoms with Crippen LogP contribution in [0.3, 0.4) is 0 Å². The van der Waals surface area contributed by atoms with Crippen LogP contribution in [0.5, 0.6) is 0 Å². The topological polar surface area (TPSA) is 26.3 Å². The summed E-state index contributed by atoms with van der Waals surface area (Å²) in [5, 5.41) is 0. The second kappa shape index (κ2) is 4.57. The minimum atomic E-state index is -2.95. The molecule has 1 aliphatic carbocycles. The van der Waals surface area contributed by atoms with E-state index in [4.69, 9.17) is 0 Å². The molecule has 18 heavy (non-hydrogen) atoms. The second-order valence-electron chi connectivity index (χ2n) is 4.23. The summed E-state index contributed by atoms with van der Waals surface area (Å²) >= 11 is 2.96. The van der Waals surface area contributed by atoms with Gasteiger partial charge in [0.05, 0.1) is 16.3 Å². The molecule has 0 saturated heterocycles. The van der Waals surface area contributed by atoms with Gasteiger partial charge in [-0.15, -0.1) is 0 Å². The van der Waals surface area contributed by atoms with Crippen LogP contribution in [-0.4, -0.2) is 18.5 Å². The molecule has 1 aromatic rings. The number of halogens is 4. The Morgan fingerprint density at radius 3 is 2.72 bits per heavy atom. The summed E-state index contributed by atoms with van der Waals surface area (Å²) in [6.45, 7) is 0.819. The third-order valence-corrected chi connectivity index (χ3v) is 3.61. The summed E-state index contributed by atoms with van der Waals surface area (Å²) in [6, 6.07) is 3.91. The number of carbonyl (C=O) groups is 1. The van der Waals surface area contributed by atoms with Gasteiger partial charge in [-0.2, -0.15) is 0 Å². The second-order valence-corrected chi connectivity index (χ2v) is 5.09. The van der Waals surface area contributed by atoms with Gasteiger partial charge in [0.15, 0.2) is 0 Å². The highest BCUT2D eigenvalue weighted by molar-refractivity contribution is 9.10. The zero-order chi connectivity index (χ0) is 13.5. The smallest absolute Gasteiger partial charge is 0.302 e. The zero-order valence-electron chi connectivity index (χ0n) is 9.42. The first-order chi connectivity index (χ1) is 8.34. The highest BCUT2D eigenvalue weighted by atomic mass is 79.9. The van der Waals surface area contributed by atoms with Gasteiger partial charge >= 0.3 is 5.97 Å². The summed E-state index contributed by atoms with van der Waals surface area (Å²) in [7, 11) is 0. The van der Waals surface area contributed by atoms with Crippen molar-refractivity contribution in [2.24, 2.45) is 5.92 Å². The van der Waals surface area contributed by atoms with E-state index >= 15 is 0 Å². The van der Waals surface area contributed by atoms with Gasteiger partial charge in [-0.05, 0) is 33.6 Å².